The van der Waals surface area contributed by atoms with Crippen LogP contribution in [0.1, 0.15) is 0 Å². The molecular formula is C11H24O3Si2. The fourth-order valence-electron chi connectivity index (χ4n) is 1.15. The molecule has 0 aliphatic rings. The molecule has 0 aliphatic carbocycles. The number of rotatable bonds is 6. The maximum atomic E-state index is 10.9. The van der Waals surface area contributed by atoms with Gasteiger partial charge >= 0.3 is 6.16 Å². The van der Waals surface area contributed by atoms with Gasteiger partial charge in [-0.2, -0.15) is 0 Å². The lowest BCUT2D eigenvalue weighted by Crippen LogP contribution is -2.36. The standard InChI is InChI=1S/C11H24O3Si2/c1-7-15(3,4)8-9-16(5,6)10-14-11(12)13-2/h7H,1,8-10H2,2-6H3. The van der Waals surface area contributed by atoms with Crippen LogP contribution in [0.15, 0.2) is 12.3 Å². The van der Waals surface area contributed by atoms with Crippen molar-refractivity contribution in [2.75, 3.05) is 13.3 Å². The summed E-state index contributed by atoms with van der Waals surface area (Å²) < 4.78 is 9.51. The first-order valence-corrected chi connectivity index (χ1v) is 12.3. The Hall–Kier alpha value is -0.556. The SMILES string of the molecule is C=C[Si](C)(C)CC[Si](C)(C)COC(=O)OC. The fraction of sp³-hybridized carbons (Fsp3) is 0.727. The molecule has 0 heterocycles. The first-order chi connectivity index (χ1) is 7.22. The van der Waals surface area contributed by atoms with E-state index in [0.717, 1.165) is 0 Å². The molecule has 0 atom stereocenters. The number of ether oxygens (including phenoxy) is 2. The Kier molecular flexibility index (Phi) is 6.03. The van der Waals surface area contributed by atoms with E-state index in [2.05, 4.69) is 43.2 Å². The molecule has 0 rings (SSSR count). The highest BCUT2D eigenvalue weighted by Gasteiger charge is 2.27. The third-order valence-electron chi connectivity index (χ3n) is 2.75. The Bertz CT molecular complexity index is 250. The second kappa shape index (κ2) is 6.25. The Morgan fingerprint density at radius 3 is 2.25 bits per heavy atom. The molecule has 0 aromatic heterocycles. The predicted octanol–water partition coefficient (Wildman–Crippen LogP) is 3.45. The van der Waals surface area contributed by atoms with Crippen LogP contribution in [0.25, 0.3) is 0 Å². The van der Waals surface area contributed by atoms with Gasteiger partial charge in [0.05, 0.1) is 29.5 Å². The normalized spacial score (nSPS) is 12.1. The van der Waals surface area contributed by atoms with E-state index < -0.39 is 22.3 Å². The van der Waals surface area contributed by atoms with Crippen LogP contribution in [0, 0.1) is 0 Å². The summed E-state index contributed by atoms with van der Waals surface area (Å²) in [7, 11) is -1.33. The molecule has 0 fully saturated rings. The largest absolute Gasteiger partial charge is 0.507 e. The van der Waals surface area contributed by atoms with Gasteiger partial charge in [-0.05, 0) is 0 Å². The van der Waals surface area contributed by atoms with Gasteiger partial charge in [-0.3, -0.25) is 0 Å². The summed E-state index contributed by atoms with van der Waals surface area (Å²) in [6.07, 6.45) is -0.0258. The highest BCUT2D eigenvalue weighted by atomic mass is 28.3. The minimum atomic E-state index is -1.44. The molecule has 0 aromatic carbocycles. The number of carbonyl (C=O) groups is 1. The molecule has 5 heteroatoms. The Morgan fingerprint density at radius 2 is 1.81 bits per heavy atom. The van der Waals surface area contributed by atoms with Crippen molar-refractivity contribution in [2.45, 2.75) is 38.3 Å². The third-order valence-corrected chi connectivity index (χ3v) is 8.42. The van der Waals surface area contributed by atoms with Crippen molar-refractivity contribution in [3.8, 4) is 0 Å². The average molecular weight is 260 g/mol. The van der Waals surface area contributed by atoms with Crippen molar-refractivity contribution in [3.63, 3.8) is 0 Å². The molecule has 3 nitrogen and oxygen atoms in total. The molecule has 0 aliphatic heterocycles. The number of hydrogen-bond donors (Lipinski definition) is 0. The molecular weight excluding hydrogens is 236 g/mol. The van der Waals surface area contributed by atoms with Crippen LogP contribution in [-0.2, 0) is 9.47 Å². The van der Waals surface area contributed by atoms with Gasteiger partial charge in [0.2, 0.25) is 0 Å². The molecule has 94 valence electrons. The summed E-state index contributed by atoms with van der Waals surface area (Å²) >= 11 is 0. The summed E-state index contributed by atoms with van der Waals surface area (Å²) in [5.74, 6) is 0. The van der Waals surface area contributed by atoms with E-state index in [9.17, 15) is 4.79 Å². The summed E-state index contributed by atoms with van der Waals surface area (Å²) in [4.78, 5) is 10.9. The van der Waals surface area contributed by atoms with Gasteiger partial charge in [0, 0.05) is 0 Å². The van der Waals surface area contributed by atoms with Crippen LogP contribution in [0.5, 0.6) is 0 Å². The highest BCUT2D eigenvalue weighted by molar-refractivity contribution is 6.85. The number of methoxy groups -OCH3 is 1. The second-order valence-electron chi connectivity index (χ2n) is 5.60. The molecule has 0 amide bonds. The molecule has 0 unspecified atom stereocenters. The summed E-state index contributed by atoms with van der Waals surface area (Å²) in [5, 5.41) is 0. The lowest BCUT2D eigenvalue weighted by atomic mass is 10.9. The molecule has 0 aromatic rings. The van der Waals surface area contributed by atoms with Crippen molar-refractivity contribution in [1.29, 1.82) is 0 Å². The van der Waals surface area contributed by atoms with Crippen LogP contribution in [0.2, 0.25) is 38.3 Å². The second-order valence-corrected chi connectivity index (χ2v) is 15.6. The van der Waals surface area contributed by atoms with E-state index in [1.165, 1.54) is 19.2 Å². The smallest absolute Gasteiger partial charge is 0.438 e. The summed E-state index contributed by atoms with van der Waals surface area (Å²) in [6, 6.07) is 2.40. The van der Waals surface area contributed by atoms with Crippen molar-refractivity contribution < 1.29 is 14.3 Å². The highest BCUT2D eigenvalue weighted by Crippen LogP contribution is 2.21. The van der Waals surface area contributed by atoms with Crippen LogP contribution in [0.4, 0.5) is 4.79 Å². The van der Waals surface area contributed by atoms with E-state index in [1.807, 2.05) is 0 Å². The van der Waals surface area contributed by atoms with Gasteiger partial charge in [-0.25, -0.2) is 4.79 Å². The van der Waals surface area contributed by atoms with E-state index in [4.69, 9.17) is 4.74 Å². The van der Waals surface area contributed by atoms with E-state index in [-0.39, 0.29) is 0 Å². The monoisotopic (exact) mass is 260 g/mol. The van der Waals surface area contributed by atoms with E-state index in [1.54, 1.807) is 0 Å². The van der Waals surface area contributed by atoms with Crippen LogP contribution < -0.4 is 0 Å². The summed E-state index contributed by atoms with van der Waals surface area (Å²) in [6.45, 7) is 13.0. The Morgan fingerprint density at radius 1 is 1.25 bits per heavy atom. The molecule has 0 bridgehead atoms. The molecule has 0 saturated heterocycles. The fourth-order valence-corrected chi connectivity index (χ4v) is 7.29. The van der Waals surface area contributed by atoms with Gasteiger partial charge in [0.15, 0.2) is 0 Å². The molecule has 0 spiro atoms. The third kappa shape index (κ3) is 6.84. The average Bonchev–Trinajstić information content (AvgIpc) is 2.24. The van der Waals surface area contributed by atoms with Crippen molar-refractivity contribution in [1.82, 2.24) is 0 Å². The Balaban J connectivity index is 4.05. The lowest BCUT2D eigenvalue weighted by molar-refractivity contribution is 0.0849. The number of hydrogen-bond acceptors (Lipinski definition) is 3. The maximum absolute atomic E-state index is 10.9. The van der Waals surface area contributed by atoms with Crippen LogP contribution in [-0.4, -0.2) is 35.6 Å². The van der Waals surface area contributed by atoms with Crippen molar-refractivity contribution >= 4 is 22.3 Å². The zero-order valence-corrected chi connectivity index (χ0v) is 13.1. The minimum absolute atomic E-state index is 0.543. The molecule has 0 N–H and O–H groups in total. The first kappa shape index (κ1) is 15.4. The predicted molar refractivity (Wildman–Crippen MR) is 73.1 cm³/mol. The quantitative estimate of drug-likeness (QED) is 0.542. The zero-order valence-electron chi connectivity index (χ0n) is 11.1. The van der Waals surface area contributed by atoms with E-state index >= 15 is 0 Å². The minimum Gasteiger partial charge on any atom is -0.438 e. The molecule has 16 heavy (non-hydrogen) atoms. The summed E-state index contributed by atoms with van der Waals surface area (Å²) in [5.41, 5.74) is 2.12. The van der Waals surface area contributed by atoms with Crippen LogP contribution >= 0.6 is 0 Å². The Labute approximate surface area is 101 Å². The lowest BCUT2D eigenvalue weighted by Gasteiger charge is -2.25. The molecule has 0 radical (unpaired) electrons. The van der Waals surface area contributed by atoms with Gasteiger partial charge in [0.1, 0.15) is 0 Å². The topological polar surface area (TPSA) is 35.5 Å². The van der Waals surface area contributed by atoms with Crippen molar-refractivity contribution in [2.24, 2.45) is 0 Å². The maximum Gasteiger partial charge on any atom is 0.507 e. The first-order valence-electron chi connectivity index (χ1n) is 5.57. The number of carbonyl (C=O) groups excluding carboxylic acids is 1. The van der Waals surface area contributed by atoms with Crippen molar-refractivity contribution in [3.05, 3.63) is 12.3 Å². The van der Waals surface area contributed by atoms with Gasteiger partial charge in [0.25, 0.3) is 0 Å². The van der Waals surface area contributed by atoms with Crippen LogP contribution in [0.3, 0.4) is 0 Å². The van der Waals surface area contributed by atoms with Gasteiger partial charge < -0.3 is 9.47 Å². The van der Waals surface area contributed by atoms with Gasteiger partial charge in [-0.15, -0.1) is 12.3 Å². The zero-order chi connectivity index (χ0) is 12.8. The molecule has 0 saturated carbocycles. The van der Waals surface area contributed by atoms with Gasteiger partial charge in [-0.1, -0.05) is 38.3 Å². The van der Waals surface area contributed by atoms with E-state index in [0.29, 0.717) is 6.23 Å².